The Hall–Kier alpha value is -3.32. The molecule has 2 amide bonds. The number of carbonyl (C=O) groups is 2. The lowest BCUT2D eigenvalue weighted by Gasteiger charge is -2.32. The van der Waals surface area contributed by atoms with Gasteiger partial charge in [0.15, 0.2) is 6.04 Å². The molecule has 4 rings (SSSR count). The SMILES string of the molecule is C=CCOc1cccc2c1C1CN(C(=O)N1OCc1ccccc1)C2C(=O)OCC. The molecule has 156 valence electrons. The van der Waals surface area contributed by atoms with E-state index in [0.717, 1.165) is 11.1 Å². The van der Waals surface area contributed by atoms with Crippen molar-refractivity contribution in [1.82, 2.24) is 9.96 Å². The van der Waals surface area contributed by atoms with Crippen LogP contribution >= 0.6 is 0 Å². The summed E-state index contributed by atoms with van der Waals surface area (Å²) < 4.78 is 11.1. The van der Waals surface area contributed by atoms with Gasteiger partial charge in [0, 0.05) is 5.56 Å². The molecular formula is C23H24N2O5. The molecule has 2 heterocycles. The molecule has 2 aromatic rings. The van der Waals surface area contributed by atoms with Crippen molar-refractivity contribution in [2.75, 3.05) is 19.8 Å². The minimum atomic E-state index is -0.832. The van der Waals surface area contributed by atoms with Crippen molar-refractivity contribution in [3.05, 3.63) is 77.9 Å². The Balaban J connectivity index is 1.71. The third-order valence-corrected chi connectivity index (χ3v) is 5.21. The molecule has 2 aliphatic rings. The van der Waals surface area contributed by atoms with Gasteiger partial charge in [0.2, 0.25) is 0 Å². The van der Waals surface area contributed by atoms with Gasteiger partial charge >= 0.3 is 12.0 Å². The summed E-state index contributed by atoms with van der Waals surface area (Å²) in [4.78, 5) is 33.4. The van der Waals surface area contributed by atoms with Crippen LogP contribution in [0, 0.1) is 0 Å². The van der Waals surface area contributed by atoms with Crippen molar-refractivity contribution in [3.63, 3.8) is 0 Å². The first-order valence-electron chi connectivity index (χ1n) is 9.95. The van der Waals surface area contributed by atoms with E-state index in [0.29, 0.717) is 24.5 Å². The fourth-order valence-electron chi connectivity index (χ4n) is 3.96. The molecule has 2 aromatic carbocycles. The lowest BCUT2D eigenvalue weighted by atomic mass is 9.90. The molecule has 2 unspecified atom stereocenters. The van der Waals surface area contributed by atoms with Gasteiger partial charge in [-0.15, -0.1) is 0 Å². The van der Waals surface area contributed by atoms with Gasteiger partial charge in [-0.25, -0.2) is 9.59 Å². The molecule has 0 radical (unpaired) electrons. The summed E-state index contributed by atoms with van der Waals surface area (Å²) in [7, 11) is 0. The zero-order valence-corrected chi connectivity index (χ0v) is 16.8. The molecule has 2 bridgehead atoms. The summed E-state index contributed by atoms with van der Waals surface area (Å²) in [6.45, 7) is 6.55. The average Bonchev–Trinajstić information content (AvgIpc) is 3.03. The van der Waals surface area contributed by atoms with Crippen molar-refractivity contribution in [2.45, 2.75) is 25.6 Å². The molecule has 0 spiro atoms. The lowest BCUT2D eigenvalue weighted by Crippen LogP contribution is -2.39. The second-order valence-electron chi connectivity index (χ2n) is 7.05. The maximum Gasteiger partial charge on any atom is 0.345 e. The summed E-state index contributed by atoms with van der Waals surface area (Å²) in [5, 5.41) is 1.35. The van der Waals surface area contributed by atoms with E-state index >= 15 is 0 Å². The van der Waals surface area contributed by atoms with E-state index in [2.05, 4.69) is 6.58 Å². The molecule has 0 N–H and O–H groups in total. The standard InChI is InChI=1S/C23H24N2O5/c1-3-13-29-19-12-8-11-17-20(19)18-14-24(21(17)22(26)28-4-2)23(27)25(18)30-15-16-9-6-5-7-10-16/h3,5-12,18,21H,1,4,13-15H2,2H3. The number of rotatable bonds is 8. The van der Waals surface area contributed by atoms with Crippen molar-refractivity contribution < 1.29 is 23.9 Å². The Labute approximate surface area is 175 Å². The van der Waals surface area contributed by atoms with Crippen LogP contribution in [0.4, 0.5) is 4.79 Å². The number of fused-ring (bicyclic) bond motifs is 4. The van der Waals surface area contributed by atoms with Crippen LogP contribution in [0.5, 0.6) is 5.75 Å². The molecule has 0 aromatic heterocycles. The highest BCUT2D eigenvalue weighted by Crippen LogP contribution is 2.48. The molecule has 0 saturated carbocycles. The minimum Gasteiger partial charge on any atom is -0.489 e. The van der Waals surface area contributed by atoms with Crippen LogP contribution in [0.25, 0.3) is 0 Å². The molecule has 2 aliphatic heterocycles. The Morgan fingerprint density at radius 3 is 2.73 bits per heavy atom. The van der Waals surface area contributed by atoms with Gasteiger partial charge in [-0.3, -0.25) is 4.84 Å². The van der Waals surface area contributed by atoms with E-state index in [-0.39, 0.29) is 25.3 Å². The van der Waals surface area contributed by atoms with Gasteiger partial charge in [0.1, 0.15) is 25.0 Å². The first-order chi connectivity index (χ1) is 14.7. The smallest absolute Gasteiger partial charge is 0.345 e. The molecule has 30 heavy (non-hydrogen) atoms. The summed E-state index contributed by atoms with van der Waals surface area (Å²) in [6.07, 6.45) is 1.65. The molecule has 7 nitrogen and oxygen atoms in total. The van der Waals surface area contributed by atoms with Crippen molar-refractivity contribution >= 4 is 12.0 Å². The van der Waals surface area contributed by atoms with Gasteiger partial charge in [-0.05, 0) is 24.1 Å². The van der Waals surface area contributed by atoms with Crippen molar-refractivity contribution in [2.24, 2.45) is 0 Å². The van der Waals surface area contributed by atoms with Gasteiger partial charge < -0.3 is 14.4 Å². The van der Waals surface area contributed by atoms with Crippen LogP contribution < -0.4 is 4.74 Å². The highest BCUT2D eigenvalue weighted by molar-refractivity contribution is 5.88. The molecular weight excluding hydrogens is 384 g/mol. The zero-order chi connectivity index (χ0) is 21.1. The van der Waals surface area contributed by atoms with Crippen LogP contribution in [0.2, 0.25) is 0 Å². The Bertz CT molecular complexity index is 946. The van der Waals surface area contributed by atoms with E-state index in [4.69, 9.17) is 14.3 Å². The number of carbonyl (C=O) groups excluding carboxylic acids is 2. The van der Waals surface area contributed by atoms with Gasteiger partial charge in [0.25, 0.3) is 0 Å². The van der Waals surface area contributed by atoms with E-state index in [9.17, 15) is 9.59 Å². The first kappa shape index (κ1) is 20.0. The minimum absolute atomic E-state index is 0.233. The van der Waals surface area contributed by atoms with Crippen molar-refractivity contribution in [3.8, 4) is 5.75 Å². The molecule has 1 fully saturated rings. The van der Waals surface area contributed by atoms with E-state index in [1.54, 1.807) is 13.0 Å². The number of amides is 2. The third kappa shape index (κ3) is 3.52. The average molecular weight is 408 g/mol. The maximum atomic E-state index is 13.2. The van der Waals surface area contributed by atoms with Crippen LogP contribution in [-0.4, -0.2) is 41.7 Å². The molecule has 2 atom stereocenters. The largest absolute Gasteiger partial charge is 0.489 e. The predicted molar refractivity (Wildman–Crippen MR) is 109 cm³/mol. The van der Waals surface area contributed by atoms with E-state index in [1.165, 1.54) is 9.96 Å². The topological polar surface area (TPSA) is 68.3 Å². The molecule has 1 saturated heterocycles. The fraction of sp³-hybridized carbons (Fsp3) is 0.304. The quantitative estimate of drug-likeness (QED) is 0.491. The number of hydroxylamine groups is 2. The van der Waals surface area contributed by atoms with E-state index in [1.807, 2.05) is 48.5 Å². The number of hydrogen-bond acceptors (Lipinski definition) is 5. The third-order valence-electron chi connectivity index (χ3n) is 5.21. The van der Waals surface area contributed by atoms with Crippen molar-refractivity contribution in [1.29, 1.82) is 0 Å². The summed E-state index contributed by atoms with van der Waals surface area (Å²) >= 11 is 0. The lowest BCUT2D eigenvalue weighted by molar-refractivity contribution is -0.149. The maximum absolute atomic E-state index is 13.2. The Kier molecular flexibility index (Phi) is 5.72. The molecule has 0 aliphatic carbocycles. The van der Waals surface area contributed by atoms with Gasteiger partial charge in [-0.2, -0.15) is 5.06 Å². The number of ether oxygens (including phenoxy) is 2. The normalized spacial score (nSPS) is 19.4. The van der Waals surface area contributed by atoms with Crippen LogP contribution in [0.15, 0.2) is 61.2 Å². The number of nitrogens with zero attached hydrogens (tertiary/aromatic N) is 2. The Morgan fingerprint density at radius 1 is 1.20 bits per heavy atom. The summed E-state index contributed by atoms with van der Waals surface area (Å²) in [5.41, 5.74) is 2.41. The van der Waals surface area contributed by atoms with Gasteiger partial charge in [-0.1, -0.05) is 55.1 Å². The van der Waals surface area contributed by atoms with Gasteiger partial charge in [0.05, 0.1) is 13.2 Å². The van der Waals surface area contributed by atoms with Crippen LogP contribution in [-0.2, 0) is 21.0 Å². The highest BCUT2D eigenvalue weighted by Gasteiger charge is 2.52. The first-order valence-corrected chi connectivity index (χ1v) is 9.95. The number of esters is 1. The highest BCUT2D eigenvalue weighted by atomic mass is 16.7. The Morgan fingerprint density at radius 2 is 2.00 bits per heavy atom. The number of urea groups is 1. The number of hydrogen-bond donors (Lipinski definition) is 0. The van der Waals surface area contributed by atoms with Crippen LogP contribution in [0.3, 0.4) is 0 Å². The monoisotopic (exact) mass is 408 g/mol. The fourth-order valence-corrected chi connectivity index (χ4v) is 3.96. The summed E-state index contributed by atoms with van der Waals surface area (Å²) in [6, 6.07) is 13.5. The predicted octanol–water partition coefficient (Wildman–Crippen LogP) is 3.78. The number of benzene rings is 2. The second kappa shape index (κ2) is 8.59. The second-order valence-corrected chi connectivity index (χ2v) is 7.05. The summed E-state index contributed by atoms with van der Waals surface area (Å²) in [5.74, 6) is 0.144. The zero-order valence-electron chi connectivity index (χ0n) is 16.8. The van der Waals surface area contributed by atoms with E-state index < -0.39 is 12.0 Å². The van der Waals surface area contributed by atoms with Crippen LogP contribution in [0.1, 0.15) is 35.7 Å². The molecule has 7 heteroatoms.